The molecule has 1 aliphatic carbocycles. The van der Waals surface area contributed by atoms with Gasteiger partial charge in [-0.2, -0.15) is 10.4 Å². The molecule has 5 rings (SSSR count). The van der Waals surface area contributed by atoms with Crippen LogP contribution in [0.15, 0.2) is 29.2 Å². The van der Waals surface area contributed by atoms with Gasteiger partial charge in [0.15, 0.2) is 6.19 Å². The average molecular weight is 432 g/mol. The maximum Gasteiger partial charge on any atom is 0.282 e. The molecule has 0 unspecified atom stereocenters. The van der Waals surface area contributed by atoms with E-state index in [9.17, 15) is 9.59 Å². The fourth-order valence-electron chi connectivity index (χ4n) is 4.28. The molecule has 2 aliphatic rings. The standard InChI is InChI=1S/C22H24N8O2/c1-14-19(5-4-18(25-14)22(32)24-13-23)29-8-6-28(7-9-29)11-16-10-20-26-21(31)17(15-2-3-15)12-30(20)27-16/h4-5,10,12,15H,2-3,6-9,11H2,1H3,(H,24,32)(H,26,31). The summed E-state index contributed by atoms with van der Waals surface area (Å²) >= 11 is 0. The van der Waals surface area contributed by atoms with Gasteiger partial charge in [0.25, 0.3) is 11.5 Å². The van der Waals surface area contributed by atoms with E-state index in [2.05, 4.69) is 30.2 Å². The highest BCUT2D eigenvalue weighted by Gasteiger charge is 2.27. The highest BCUT2D eigenvalue weighted by Crippen LogP contribution is 2.38. The minimum Gasteiger partial charge on any atom is -0.368 e. The van der Waals surface area contributed by atoms with E-state index in [0.717, 1.165) is 73.9 Å². The van der Waals surface area contributed by atoms with Crippen molar-refractivity contribution in [2.45, 2.75) is 32.2 Å². The molecule has 1 saturated carbocycles. The number of nitriles is 1. The van der Waals surface area contributed by atoms with E-state index >= 15 is 0 Å². The number of H-pyrrole nitrogens is 1. The zero-order valence-corrected chi connectivity index (χ0v) is 17.8. The lowest BCUT2D eigenvalue weighted by atomic mass is 10.2. The van der Waals surface area contributed by atoms with Gasteiger partial charge in [0.2, 0.25) is 0 Å². The van der Waals surface area contributed by atoms with Crippen LogP contribution in [0.2, 0.25) is 0 Å². The Hall–Kier alpha value is -3.71. The van der Waals surface area contributed by atoms with Gasteiger partial charge in [0.05, 0.1) is 17.1 Å². The second-order valence-electron chi connectivity index (χ2n) is 8.41. The summed E-state index contributed by atoms with van der Waals surface area (Å²) in [6, 6.07) is 5.48. The number of piperazine rings is 1. The Labute approximate surface area is 184 Å². The van der Waals surface area contributed by atoms with Crippen LogP contribution in [0.1, 0.15) is 46.2 Å². The quantitative estimate of drug-likeness (QED) is 0.458. The molecular formula is C22H24N8O2. The number of carbonyl (C=O) groups excluding carboxylic acids is 1. The van der Waals surface area contributed by atoms with Crippen molar-refractivity contribution in [1.29, 1.82) is 5.26 Å². The molecule has 0 spiro atoms. The first-order chi connectivity index (χ1) is 15.5. The topological polar surface area (TPSA) is 122 Å². The number of rotatable bonds is 5. The first-order valence-electron chi connectivity index (χ1n) is 10.8. The third kappa shape index (κ3) is 3.94. The summed E-state index contributed by atoms with van der Waals surface area (Å²) in [5, 5.41) is 15.4. The molecule has 2 N–H and O–H groups in total. The van der Waals surface area contributed by atoms with Gasteiger partial charge in [-0.25, -0.2) is 9.50 Å². The third-order valence-corrected chi connectivity index (χ3v) is 6.13. The van der Waals surface area contributed by atoms with Gasteiger partial charge in [-0.3, -0.25) is 19.8 Å². The molecule has 3 aromatic rings. The number of nitrogens with one attached hydrogen (secondary N) is 2. The normalized spacial score (nSPS) is 16.8. The van der Waals surface area contributed by atoms with Gasteiger partial charge in [-0.05, 0) is 37.8 Å². The van der Waals surface area contributed by atoms with Crippen LogP contribution in [-0.4, -0.2) is 56.6 Å². The zero-order chi connectivity index (χ0) is 22.2. The molecule has 1 saturated heterocycles. The van der Waals surface area contributed by atoms with E-state index in [1.54, 1.807) is 16.8 Å². The van der Waals surface area contributed by atoms with Crippen LogP contribution in [0.4, 0.5) is 5.69 Å². The van der Waals surface area contributed by atoms with E-state index in [-0.39, 0.29) is 11.3 Å². The number of anilines is 1. The van der Waals surface area contributed by atoms with Crippen LogP contribution in [-0.2, 0) is 6.54 Å². The third-order valence-electron chi connectivity index (χ3n) is 6.13. The molecule has 4 heterocycles. The smallest absolute Gasteiger partial charge is 0.282 e. The first kappa shape index (κ1) is 20.2. The Morgan fingerprint density at radius 2 is 2.06 bits per heavy atom. The predicted octanol–water partition coefficient (Wildman–Crippen LogP) is 1.14. The molecule has 10 heteroatoms. The molecular weight excluding hydrogens is 408 g/mol. The van der Waals surface area contributed by atoms with Crippen LogP contribution in [0, 0.1) is 18.4 Å². The second-order valence-corrected chi connectivity index (χ2v) is 8.41. The van der Waals surface area contributed by atoms with E-state index in [0.29, 0.717) is 5.92 Å². The monoisotopic (exact) mass is 432 g/mol. The average Bonchev–Trinajstić information content (AvgIpc) is 3.55. The summed E-state index contributed by atoms with van der Waals surface area (Å²) in [5.74, 6) is -0.110. The van der Waals surface area contributed by atoms with Gasteiger partial charge in [0, 0.05) is 50.6 Å². The maximum atomic E-state index is 12.2. The Kier molecular flexibility index (Phi) is 5.11. The van der Waals surface area contributed by atoms with Crippen molar-refractivity contribution >= 4 is 17.2 Å². The van der Waals surface area contributed by atoms with Crippen LogP contribution in [0.25, 0.3) is 5.65 Å². The van der Waals surface area contributed by atoms with E-state index in [4.69, 9.17) is 5.26 Å². The van der Waals surface area contributed by atoms with Crippen molar-refractivity contribution in [3.05, 3.63) is 57.4 Å². The predicted molar refractivity (Wildman–Crippen MR) is 117 cm³/mol. The Bertz CT molecular complexity index is 1280. The van der Waals surface area contributed by atoms with E-state index < -0.39 is 5.91 Å². The number of aromatic nitrogens is 4. The van der Waals surface area contributed by atoms with Crippen molar-refractivity contribution in [2.75, 3.05) is 31.1 Å². The molecule has 0 bridgehead atoms. The molecule has 1 amide bonds. The number of nitrogens with zero attached hydrogens (tertiary/aromatic N) is 6. The minimum atomic E-state index is -0.495. The Morgan fingerprint density at radius 1 is 1.28 bits per heavy atom. The lowest BCUT2D eigenvalue weighted by Crippen LogP contribution is -2.46. The molecule has 0 radical (unpaired) electrons. The fourth-order valence-corrected chi connectivity index (χ4v) is 4.28. The lowest BCUT2D eigenvalue weighted by Gasteiger charge is -2.36. The molecule has 32 heavy (non-hydrogen) atoms. The van der Waals surface area contributed by atoms with Crippen molar-refractivity contribution < 1.29 is 4.79 Å². The van der Waals surface area contributed by atoms with Crippen molar-refractivity contribution in [2.24, 2.45) is 0 Å². The summed E-state index contributed by atoms with van der Waals surface area (Å²) in [6.45, 7) is 6.01. The molecule has 3 aromatic heterocycles. The molecule has 1 aliphatic heterocycles. The van der Waals surface area contributed by atoms with Crippen LogP contribution < -0.4 is 15.8 Å². The molecule has 164 valence electrons. The summed E-state index contributed by atoms with van der Waals surface area (Å²) in [7, 11) is 0. The number of aromatic amines is 1. The van der Waals surface area contributed by atoms with Crippen LogP contribution in [0.5, 0.6) is 0 Å². The maximum absolute atomic E-state index is 12.2. The van der Waals surface area contributed by atoms with Crippen molar-refractivity contribution in [3.63, 3.8) is 0 Å². The zero-order valence-electron chi connectivity index (χ0n) is 17.8. The van der Waals surface area contributed by atoms with Gasteiger partial charge < -0.3 is 9.88 Å². The molecule has 0 aromatic carbocycles. The summed E-state index contributed by atoms with van der Waals surface area (Å²) in [5.41, 5.74) is 4.50. The summed E-state index contributed by atoms with van der Waals surface area (Å²) < 4.78 is 1.79. The fraction of sp³-hybridized carbons (Fsp3) is 0.409. The SMILES string of the molecule is Cc1nc(C(=O)NC#N)ccc1N1CCN(Cc2cc3[nH]c(=O)c(C4CC4)cn3n2)CC1. The van der Waals surface area contributed by atoms with E-state index in [1.165, 1.54) is 0 Å². The largest absolute Gasteiger partial charge is 0.368 e. The van der Waals surface area contributed by atoms with Crippen LogP contribution in [0.3, 0.4) is 0 Å². The number of carbonyl (C=O) groups is 1. The lowest BCUT2D eigenvalue weighted by molar-refractivity contribution is 0.0968. The van der Waals surface area contributed by atoms with Crippen molar-refractivity contribution in [3.8, 4) is 6.19 Å². The highest BCUT2D eigenvalue weighted by atomic mass is 16.1. The minimum absolute atomic E-state index is 0.000155. The number of hydrogen-bond acceptors (Lipinski definition) is 7. The van der Waals surface area contributed by atoms with Gasteiger partial charge in [-0.1, -0.05) is 0 Å². The molecule has 0 atom stereocenters. The number of fused-ring (bicyclic) bond motifs is 1. The molecule has 10 nitrogen and oxygen atoms in total. The Morgan fingerprint density at radius 3 is 2.75 bits per heavy atom. The van der Waals surface area contributed by atoms with Gasteiger partial charge in [-0.15, -0.1) is 0 Å². The van der Waals surface area contributed by atoms with Crippen molar-refractivity contribution in [1.82, 2.24) is 29.8 Å². The summed E-state index contributed by atoms with van der Waals surface area (Å²) in [6.07, 6.45) is 5.67. The number of pyridine rings is 1. The number of amides is 1. The highest BCUT2D eigenvalue weighted by molar-refractivity contribution is 5.93. The molecule has 2 fully saturated rings. The summed E-state index contributed by atoms with van der Waals surface area (Å²) in [4.78, 5) is 36.0. The van der Waals surface area contributed by atoms with Gasteiger partial charge >= 0.3 is 0 Å². The van der Waals surface area contributed by atoms with Gasteiger partial charge in [0.1, 0.15) is 11.3 Å². The Balaban J connectivity index is 1.23. The number of aryl methyl sites for hydroxylation is 1. The second kappa shape index (κ2) is 8.09. The first-order valence-corrected chi connectivity index (χ1v) is 10.8. The van der Waals surface area contributed by atoms with Crippen LogP contribution >= 0.6 is 0 Å². The van der Waals surface area contributed by atoms with E-state index in [1.807, 2.05) is 25.3 Å². The number of hydrogen-bond donors (Lipinski definition) is 2.